The van der Waals surface area contributed by atoms with Crippen molar-refractivity contribution in [2.75, 3.05) is 26.7 Å². The fourth-order valence-corrected chi connectivity index (χ4v) is 2.22. The number of ether oxygens (including phenoxy) is 1. The van der Waals surface area contributed by atoms with Crippen LogP contribution in [-0.2, 0) is 9.53 Å². The number of halogens is 1. The van der Waals surface area contributed by atoms with Gasteiger partial charge in [0, 0.05) is 11.5 Å². The molecule has 1 heterocycles. The summed E-state index contributed by atoms with van der Waals surface area (Å²) in [6.07, 6.45) is -3.58. The largest absolute Gasteiger partial charge is 0.469 e. The fourth-order valence-electron chi connectivity index (χ4n) is 2.22. The lowest BCUT2D eigenvalue weighted by Crippen LogP contribution is -2.54. The van der Waals surface area contributed by atoms with E-state index in [1.54, 1.807) is 0 Å². The number of rotatable bonds is 4. The zero-order valence-electron chi connectivity index (χ0n) is 10.4. The summed E-state index contributed by atoms with van der Waals surface area (Å²) in [7, 11) is 1.11. The molecule has 1 aliphatic heterocycles. The van der Waals surface area contributed by atoms with Crippen LogP contribution in [0.3, 0.4) is 0 Å². The number of carbonyl (C=O) groups excluding carboxylic acids is 1. The monoisotopic (exact) mass is 278 g/mol. The van der Waals surface area contributed by atoms with Gasteiger partial charge in [0.1, 0.15) is 6.17 Å². The number of piperidine rings is 1. The van der Waals surface area contributed by atoms with Gasteiger partial charge in [-0.15, -0.1) is 0 Å². The summed E-state index contributed by atoms with van der Waals surface area (Å²) in [5, 5.41) is 19.4. The number of carbonyl (C=O) groups is 2. The zero-order chi connectivity index (χ0) is 14.6. The summed E-state index contributed by atoms with van der Waals surface area (Å²) >= 11 is 0. The summed E-state index contributed by atoms with van der Waals surface area (Å²) < 4.78 is 18.6. The number of amides is 1. The highest BCUT2D eigenvalue weighted by Crippen LogP contribution is 2.38. The van der Waals surface area contributed by atoms with Gasteiger partial charge in [-0.05, 0) is 6.42 Å². The van der Waals surface area contributed by atoms with E-state index in [0.29, 0.717) is 0 Å². The number of hydrogen-bond donors (Lipinski definition) is 1. The predicted octanol–water partition coefficient (Wildman–Crippen LogP) is 0.534. The maximum absolute atomic E-state index is 14.2. The molecule has 19 heavy (non-hydrogen) atoms. The molecule has 0 aromatic rings. The summed E-state index contributed by atoms with van der Waals surface area (Å²) in [6, 6.07) is 0. The van der Waals surface area contributed by atoms with Gasteiger partial charge in [-0.25, -0.2) is 9.18 Å². The number of nitrogens with zero attached hydrogens (tertiary/aromatic N) is 2. The van der Waals surface area contributed by atoms with E-state index in [0.717, 1.165) is 12.0 Å². The van der Waals surface area contributed by atoms with Crippen LogP contribution in [0.15, 0.2) is 0 Å². The molecule has 8 nitrogen and oxygen atoms in total. The molecule has 0 aromatic heterocycles. The molecule has 0 bridgehead atoms. The Kier molecular flexibility index (Phi) is 4.62. The third-order valence-corrected chi connectivity index (χ3v) is 3.36. The second-order valence-electron chi connectivity index (χ2n) is 4.55. The molecule has 0 spiro atoms. The van der Waals surface area contributed by atoms with Gasteiger partial charge in [0.15, 0.2) is 0 Å². The Hall–Kier alpha value is -1.93. The Morgan fingerprint density at radius 3 is 2.68 bits per heavy atom. The van der Waals surface area contributed by atoms with Crippen molar-refractivity contribution in [3.63, 3.8) is 0 Å². The molecule has 1 fully saturated rings. The number of nitro groups is 1. The average Bonchev–Trinajstić information content (AvgIpc) is 2.31. The van der Waals surface area contributed by atoms with E-state index in [9.17, 15) is 24.1 Å². The van der Waals surface area contributed by atoms with Crippen molar-refractivity contribution >= 4 is 12.1 Å². The van der Waals surface area contributed by atoms with Crippen LogP contribution in [0.5, 0.6) is 0 Å². The lowest BCUT2D eigenvalue weighted by atomic mass is 9.74. The second-order valence-corrected chi connectivity index (χ2v) is 4.55. The van der Waals surface area contributed by atoms with E-state index < -0.39 is 48.1 Å². The van der Waals surface area contributed by atoms with Crippen molar-refractivity contribution in [2.45, 2.75) is 19.0 Å². The van der Waals surface area contributed by atoms with Crippen LogP contribution in [0.25, 0.3) is 0 Å². The van der Waals surface area contributed by atoms with Crippen molar-refractivity contribution in [1.29, 1.82) is 0 Å². The minimum Gasteiger partial charge on any atom is -0.469 e. The Balaban J connectivity index is 2.89. The number of carboxylic acid groups (broad SMARTS) is 1. The number of alkyl halides is 1. The van der Waals surface area contributed by atoms with Crippen molar-refractivity contribution < 1.29 is 28.7 Å². The van der Waals surface area contributed by atoms with Crippen LogP contribution in [0.2, 0.25) is 0 Å². The highest BCUT2D eigenvalue weighted by atomic mass is 19.1. The van der Waals surface area contributed by atoms with Crippen LogP contribution in [-0.4, -0.2) is 59.9 Å². The number of methoxy groups -OCH3 is 1. The first kappa shape index (κ1) is 15.1. The standard InChI is InChI=1S/C10H15FN2O6/c1-19-8(14)4-10(6-13(17)18)2-3-12(9(15)16)5-7(10)11/h7H,2-6H2,1H3,(H,15,16). The second kappa shape index (κ2) is 5.81. The van der Waals surface area contributed by atoms with Gasteiger partial charge in [-0.1, -0.05) is 0 Å². The van der Waals surface area contributed by atoms with Gasteiger partial charge in [0.25, 0.3) is 0 Å². The van der Waals surface area contributed by atoms with Gasteiger partial charge in [0.05, 0.1) is 25.5 Å². The smallest absolute Gasteiger partial charge is 0.407 e. The first-order valence-corrected chi connectivity index (χ1v) is 5.61. The summed E-state index contributed by atoms with van der Waals surface area (Å²) in [4.78, 5) is 32.9. The quantitative estimate of drug-likeness (QED) is 0.456. The fraction of sp³-hybridized carbons (Fsp3) is 0.800. The predicted molar refractivity (Wildman–Crippen MR) is 60.0 cm³/mol. The van der Waals surface area contributed by atoms with E-state index in [1.807, 2.05) is 0 Å². The maximum Gasteiger partial charge on any atom is 0.407 e. The minimum absolute atomic E-state index is 0.0411. The number of likely N-dealkylation sites (tertiary alicyclic amines) is 1. The highest BCUT2D eigenvalue weighted by Gasteiger charge is 2.50. The van der Waals surface area contributed by atoms with E-state index in [2.05, 4.69) is 4.74 Å². The van der Waals surface area contributed by atoms with Crippen LogP contribution in [0.4, 0.5) is 9.18 Å². The van der Waals surface area contributed by atoms with Crippen LogP contribution < -0.4 is 0 Å². The molecule has 1 aliphatic rings. The average molecular weight is 278 g/mol. The Labute approximate surface area is 108 Å². The molecule has 1 amide bonds. The third-order valence-electron chi connectivity index (χ3n) is 3.36. The maximum atomic E-state index is 14.2. The van der Waals surface area contributed by atoms with E-state index in [4.69, 9.17) is 5.11 Å². The molecule has 9 heteroatoms. The van der Waals surface area contributed by atoms with E-state index in [1.165, 1.54) is 0 Å². The van der Waals surface area contributed by atoms with Crippen molar-refractivity contribution in [2.24, 2.45) is 5.41 Å². The summed E-state index contributed by atoms with van der Waals surface area (Å²) in [5.74, 6) is -0.742. The normalized spacial score (nSPS) is 26.8. The summed E-state index contributed by atoms with van der Waals surface area (Å²) in [5.41, 5.74) is -1.50. The molecule has 1 rings (SSSR count). The van der Waals surface area contributed by atoms with E-state index in [-0.39, 0.29) is 13.0 Å². The molecule has 108 valence electrons. The first-order chi connectivity index (χ1) is 8.80. The van der Waals surface area contributed by atoms with Crippen molar-refractivity contribution in [3.05, 3.63) is 10.1 Å². The van der Waals surface area contributed by atoms with Gasteiger partial charge in [-0.3, -0.25) is 14.9 Å². The third kappa shape index (κ3) is 3.52. The lowest BCUT2D eigenvalue weighted by molar-refractivity contribution is -0.501. The molecule has 2 atom stereocenters. The molecular weight excluding hydrogens is 263 g/mol. The van der Waals surface area contributed by atoms with Crippen LogP contribution >= 0.6 is 0 Å². The van der Waals surface area contributed by atoms with Gasteiger partial charge < -0.3 is 14.7 Å². The molecule has 0 aromatic carbocycles. The topological polar surface area (TPSA) is 110 Å². The molecular formula is C10H15FN2O6. The Morgan fingerprint density at radius 1 is 1.63 bits per heavy atom. The molecule has 0 radical (unpaired) electrons. The Bertz CT molecular complexity index is 390. The van der Waals surface area contributed by atoms with Gasteiger partial charge in [0.2, 0.25) is 6.54 Å². The molecule has 2 unspecified atom stereocenters. The molecule has 0 aliphatic carbocycles. The van der Waals surface area contributed by atoms with Gasteiger partial charge in [-0.2, -0.15) is 0 Å². The highest BCUT2D eigenvalue weighted by molar-refractivity contribution is 5.70. The van der Waals surface area contributed by atoms with Crippen molar-refractivity contribution in [3.8, 4) is 0 Å². The molecule has 1 saturated heterocycles. The number of hydrogen-bond acceptors (Lipinski definition) is 5. The SMILES string of the molecule is COC(=O)CC1(C[N+](=O)[O-])CCN(C(=O)O)CC1F. The summed E-state index contributed by atoms with van der Waals surface area (Å²) in [6.45, 7) is -1.24. The van der Waals surface area contributed by atoms with Crippen LogP contribution in [0, 0.1) is 15.5 Å². The van der Waals surface area contributed by atoms with Crippen LogP contribution in [0.1, 0.15) is 12.8 Å². The minimum atomic E-state index is -1.78. The number of esters is 1. The zero-order valence-corrected chi connectivity index (χ0v) is 10.4. The molecule has 0 saturated carbocycles. The van der Waals surface area contributed by atoms with Gasteiger partial charge >= 0.3 is 12.1 Å². The van der Waals surface area contributed by atoms with E-state index >= 15 is 0 Å². The molecule has 1 N–H and O–H groups in total. The Morgan fingerprint density at radius 2 is 2.26 bits per heavy atom. The van der Waals surface area contributed by atoms with Crippen molar-refractivity contribution in [1.82, 2.24) is 4.90 Å². The first-order valence-electron chi connectivity index (χ1n) is 5.61. The lowest BCUT2D eigenvalue weighted by Gasteiger charge is -2.40.